The fourth-order valence-corrected chi connectivity index (χ4v) is 3.27. The van der Waals surface area contributed by atoms with Crippen molar-refractivity contribution in [2.75, 3.05) is 0 Å². The van der Waals surface area contributed by atoms with Crippen molar-refractivity contribution in [3.8, 4) is 0 Å². The lowest BCUT2D eigenvalue weighted by atomic mass is 10.2. The first-order valence-electron chi connectivity index (χ1n) is 7.22. The van der Waals surface area contributed by atoms with Crippen molar-refractivity contribution in [2.24, 2.45) is 0 Å². The summed E-state index contributed by atoms with van der Waals surface area (Å²) in [7, 11) is -3.71. The molecular weight excluding hydrogens is 306 g/mol. The Balaban J connectivity index is 2.18. The van der Waals surface area contributed by atoms with Crippen LogP contribution >= 0.6 is 0 Å². The zero-order valence-electron chi connectivity index (χ0n) is 13.1. The molecule has 2 aromatic rings. The smallest absolute Gasteiger partial charge is 0.258 e. The SMILES string of the molecule is CCCn1nccc1S(=O)(=O)N[C@H](C)c1nc(C(C)C)no1. The van der Waals surface area contributed by atoms with E-state index in [-0.39, 0.29) is 16.8 Å². The van der Waals surface area contributed by atoms with Gasteiger partial charge < -0.3 is 4.52 Å². The quantitative estimate of drug-likeness (QED) is 0.832. The van der Waals surface area contributed by atoms with Crippen molar-refractivity contribution in [3.05, 3.63) is 24.0 Å². The molecule has 0 radical (unpaired) electrons. The summed E-state index contributed by atoms with van der Waals surface area (Å²) in [5.41, 5.74) is 0. The molecule has 0 bridgehead atoms. The van der Waals surface area contributed by atoms with Gasteiger partial charge in [0.05, 0.1) is 12.2 Å². The molecule has 0 aliphatic heterocycles. The van der Waals surface area contributed by atoms with Crippen molar-refractivity contribution in [1.29, 1.82) is 0 Å². The van der Waals surface area contributed by atoms with Gasteiger partial charge >= 0.3 is 0 Å². The molecule has 2 aromatic heterocycles. The first-order valence-corrected chi connectivity index (χ1v) is 8.71. The predicted molar refractivity (Wildman–Crippen MR) is 79.6 cm³/mol. The average Bonchev–Trinajstić information content (AvgIpc) is 3.07. The largest absolute Gasteiger partial charge is 0.338 e. The summed E-state index contributed by atoms with van der Waals surface area (Å²) in [6.45, 7) is 8.03. The molecule has 8 nitrogen and oxygen atoms in total. The Morgan fingerprint density at radius 2 is 2.09 bits per heavy atom. The van der Waals surface area contributed by atoms with E-state index in [4.69, 9.17) is 4.52 Å². The van der Waals surface area contributed by atoms with Gasteiger partial charge in [0.2, 0.25) is 5.89 Å². The van der Waals surface area contributed by atoms with Gasteiger partial charge in [0.15, 0.2) is 10.9 Å². The second-order valence-corrected chi connectivity index (χ2v) is 7.04. The van der Waals surface area contributed by atoms with Crippen LogP contribution < -0.4 is 4.72 Å². The molecule has 0 saturated heterocycles. The van der Waals surface area contributed by atoms with Gasteiger partial charge in [-0.1, -0.05) is 25.9 Å². The van der Waals surface area contributed by atoms with Gasteiger partial charge in [0, 0.05) is 12.5 Å². The molecule has 122 valence electrons. The Kier molecular flexibility index (Phi) is 4.97. The molecule has 22 heavy (non-hydrogen) atoms. The number of hydrogen-bond donors (Lipinski definition) is 1. The molecule has 2 rings (SSSR count). The van der Waals surface area contributed by atoms with E-state index < -0.39 is 16.1 Å². The normalized spacial score (nSPS) is 13.7. The Bertz CT molecular complexity index is 720. The summed E-state index contributed by atoms with van der Waals surface area (Å²) in [6.07, 6.45) is 2.26. The average molecular weight is 327 g/mol. The lowest BCUT2D eigenvalue weighted by molar-refractivity contribution is 0.348. The zero-order valence-corrected chi connectivity index (χ0v) is 14.0. The monoisotopic (exact) mass is 327 g/mol. The van der Waals surface area contributed by atoms with E-state index in [0.717, 1.165) is 6.42 Å². The molecule has 0 saturated carbocycles. The van der Waals surface area contributed by atoms with Crippen LogP contribution in [0, 0.1) is 0 Å². The molecule has 0 spiro atoms. The maximum absolute atomic E-state index is 12.5. The first kappa shape index (κ1) is 16.6. The number of nitrogens with zero attached hydrogens (tertiary/aromatic N) is 4. The number of nitrogens with one attached hydrogen (secondary N) is 1. The summed E-state index contributed by atoms with van der Waals surface area (Å²) in [5, 5.41) is 7.99. The summed E-state index contributed by atoms with van der Waals surface area (Å²) in [6, 6.07) is 0.855. The highest BCUT2D eigenvalue weighted by Gasteiger charge is 2.25. The van der Waals surface area contributed by atoms with Crippen LogP contribution in [0.15, 0.2) is 21.8 Å². The molecule has 1 atom stereocenters. The van der Waals surface area contributed by atoms with E-state index in [9.17, 15) is 8.42 Å². The molecule has 2 heterocycles. The Labute approximate surface area is 130 Å². The Morgan fingerprint density at radius 3 is 2.68 bits per heavy atom. The van der Waals surface area contributed by atoms with Crippen LogP contribution in [0.25, 0.3) is 0 Å². The summed E-state index contributed by atoms with van der Waals surface area (Å²) in [4.78, 5) is 4.21. The third-order valence-corrected chi connectivity index (χ3v) is 4.63. The van der Waals surface area contributed by atoms with Gasteiger partial charge in [-0.15, -0.1) is 0 Å². The third kappa shape index (κ3) is 3.53. The molecule has 9 heteroatoms. The van der Waals surface area contributed by atoms with E-state index >= 15 is 0 Å². The molecule has 0 amide bonds. The molecule has 0 aromatic carbocycles. The molecule has 0 aliphatic carbocycles. The molecule has 0 fully saturated rings. The zero-order chi connectivity index (χ0) is 16.3. The minimum Gasteiger partial charge on any atom is -0.338 e. The number of hydrogen-bond acceptors (Lipinski definition) is 6. The first-order chi connectivity index (χ1) is 10.3. The topological polar surface area (TPSA) is 103 Å². The second-order valence-electron chi connectivity index (χ2n) is 5.38. The third-order valence-electron chi connectivity index (χ3n) is 3.06. The summed E-state index contributed by atoms with van der Waals surface area (Å²) in [5.74, 6) is 0.915. The molecule has 0 unspecified atom stereocenters. The predicted octanol–water partition coefficient (Wildman–Crippen LogP) is 1.84. The maximum Gasteiger partial charge on any atom is 0.258 e. The molecular formula is C13H21N5O3S. The van der Waals surface area contributed by atoms with Crippen molar-refractivity contribution < 1.29 is 12.9 Å². The Morgan fingerprint density at radius 1 is 1.36 bits per heavy atom. The maximum atomic E-state index is 12.5. The highest BCUT2D eigenvalue weighted by atomic mass is 32.2. The van der Waals surface area contributed by atoms with Crippen LogP contribution in [-0.2, 0) is 16.6 Å². The highest BCUT2D eigenvalue weighted by Crippen LogP contribution is 2.18. The second kappa shape index (κ2) is 6.57. The lowest BCUT2D eigenvalue weighted by Crippen LogP contribution is -2.29. The van der Waals surface area contributed by atoms with Crippen molar-refractivity contribution in [2.45, 2.75) is 57.6 Å². The number of aromatic nitrogens is 4. The van der Waals surface area contributed by atoms with Crippen molar-refractivity contribution >= 4 is 10.0 Å². The Hall–Kier alpha value is -1.74. The van der Waals surface area contributed by atoms with Gasteiger partial charge in [0.1, 0.15) is 0 Å². The van der Waals surface area contributed by atoms with Crippen molar-refractivity contribution in [1.82, 2.24) is 24.6 Å². The minimum absolute atomic E-state index is 0.118. The lowest BCUT2D eigenvalue weighted by Gasteiger charge is -2.11. The number of sulfonamides is 1. The fraction of sp³-hybridized carbons (Fsp3) is 0.615. The fourth-order valence-electron chi connectivity index (χ4n) is 1.93. The highest BCUT2D eigenvalue weighted by molar-refractivity contribution is 7.89. The van der Waals surface area contributed by atoms with Gasteiger partial charge in [-0.2, -0.15) is 14.8 Å². The van der Waals surface area contributed by atoms with Crippen LogP contribution in [0.2, 0.25) is 0 Å². The number of aryl methyl sites for hydroxylation is 1. The van der Waals surface area contributed by atoms with E-state index in [1.54, 1.807) is 6.92 Å². The van der Waals surface area contributed by atoms with E-state index in [1.807, 2.05) is 20.8 Å². The van der Waals surface area contributed by atoms with Crippen LogP contribution in [0.4, 0.5) is 0 Å². The van der Waals surface area contributed by atoms with Gasteiger partial charge in [-0.05, 0) is 19.4 Å². The van der Waals surface area contributed by atoms with E-state index in [2.05, 4.69) is 20.0 Å². The minimum atomic E-state index is -3.71. The summed E-state index contributed by atoms with van der Waals surface area (Å²) < 4.78 is 34.0. The van der Waals surface area contributed by atoms with Crippen LogP contribution in [0.5, 0.6) is 0 Å². The summed E-state index contributed by atoms with van der Waals surface area (Å²) >= 11 is 0. The van der Waals surface area contributed by atoms with Crippen LogP contribution in [0.1, 0.15) is 57.8 Å². The molecule has 0 aliphatic rings. The molecule has 1 N–H and O–H groups in total. The number of rotatable bonds is 7. The van der Waals surface area contributed by atoms with Gasteiger partial charge in [-0.3, -0.25) is 4.68 Å². The van der Waals surface area contributed by atoms with Gasteiger partial charge in [-0.25, -0.2) is 8.42 Å². The van der Waals surface area contributed by atoms with E-state index in [0.29, 0.717) is 12.4 Å². The standard InChI is InChI=1S/C13H21N5O3S/c1-5-8-18-11(6-7-14-18)22(19,20)17-10(4)13-15-12(9(2)3)16-21-13/h6-7,9-10,17H,5,8H2,1-4H3/t10-/m1/s1. The van der Waals surface area contributed by atoms with E-state index in [1.165, 1.54) is 16.9 Å². The van der Waals surface area contributed by atoms with Gasteiger partial charge in [0.25, 0.3) is 10.0 Å². The van der Waals surface area contributed by atoms with Crippen LogP contribution in [-0.4, -0.2) is 28.3 Å². The van der Waals surface area contributed by atoms with Crippen molar-refractivity contribution in [3.63, 3.8) is 0 Å². The van der Waals surface area contributed by atoms with Crippen LogP contribution in [0.3, 0.4) is 0 Å².